The van der Waals surface area contributed by atoms with Gasteiger partial charge in [-0.05, 0) is 0 Å². The lowest BCUT2D eigenvalue weighted by molar-refractivity contribution is -0.139. The van der Waals surface area contributed by atoms with Crippen molar-refractivity contribution in [1.29, 1.82) is 0 Å². The predicted molar refractivity (Wildman–Crippen MR) is 45.3 cm³/mol. The van der Waals surface area contributed by atoms with Gasteiger partial charge in [0.25, 0.3) is 0 Å². The van der Waals surface area contributed by atoms with Crippen LogP contribution in [-0.2, 0) is 4.79 Å². The van der Waals surface area contributed by atoms with E-state index in [1.165, 1.54) is 12.2 Å². The molecule has 1 aliphatic carbocycles. The summed E-state index contributed by atoms with van der Waals surface area (Å²) in [5, 5.41) is 8.56. The molecule has 64 valence electrons. The number of hydrogen-bond acceptors (Lipinski definition) is 1. The highest BCUT2D eigenvalue weighted by atomic mass is 35.5. The fraction of sp³-hybridized carbons (Fsp3) is 0.143. The minimum atomic E-state index is -1.02. The van der Waals surface area contributed by atoms with E-state index < -0.39 is 11.9 Å². The molecular formula is C7H7ClN2O2. The van der Waals surface area contributed by atoms with Crippen molar-refractivity contribution < 1.29 is 14.7 Å². The van der Waals surface area contributed by atoms with Gasteiger partial charge in [0.2, 0.25) is 0 Å². The summed E-state index contributed by atoms with van der Waals surface area (Å²) in [6.07, 6.45) is 6.14. The van der Waals surface area contributed by atoms with Crippen molar-refractivity contribution in [1.82, 2.24) is 0 Å². The lowest BCUT2D eigenvalue weighted by Crippen LogP contribution is -2.22. The van der Waals surface area contributed by atoms with E-state index in [2.05, 4.69) is 4.79 Å². The number of hydrogen-bond donors (Lipinski definition) is 1. The molecule has 5 heteroatoms. The fourth-order valence-electron chi connectivity index (χ4n) is 0.836. The number of allylic oxidation sites excluding steroid dienone is 3. The third-order valence-electron chi connectivity index (χ3n) is 1.38. The zero-order chi connectivity index (χ0) is 8.27. The third-order valence-corrected chi connectivity index (χ3v) is 1.38. The van der Waals surface area contributed by atoms with Crippen molar-refractivity contribution in [2.45, 2.75) is 0 Å². The van der Waals surface area contributed by atoms with Gasteiger partial charge < -0.3 is 10.6 Å². The second-order valence-electron chi connectivity index (χ2n) is 2.08. The fourth-order valence-corrected chi connectivity index (χ4v) is 0.836. The predicted octanol–water partition coefficient (Wildman–Crippen LogP) is 0.906. The molecule has 12 heavy (non-hydrogen) atoms. The molecule has 0 fully saturated rings. The molecule has 0 saturated carbocycles. The van der Waals surface area contributed by atoms with Crippen LogP contribution in [0.3, 0.4) is 0 Å². The largest absolute Gasteiger partial charge is 0.480 e. The van der Waals surface area contributed by atoms with Gasteiger partial charge in [0.05, 0.1) is 0 Å². The molecule has 1 rings (SSSR count). The number of nitrogens with zero attached hydrogens (tertiary/aromatic N) is 2. The van der Waals surface area contributed by atoms with Gasteiger partial charge in [-0.1, -0.05) is 18.2 Å². The first-order valence-electron chi connectivity index (χ1n) is 3.05. The van der Waals surface area contributed by atoms with Crippen LogP contribution in [0.25, 0.3) is 5.53 Å². The quantitative estimate of drug-likeness (QED) is 0.488. The molecule has 0 heterocycles. The minimum absolute atomic E-state index is 0. The highest BCUT2D eigenvalue weighted by Crippen LogP contribution is 2.07. The molecular weight excluding hydrogens is 180 g/mol. The Labute approximate surface area is 75.2 Å². The average Bonchev–Trinajstić information content (AvgIpc) is 2.04. The van der Waals surface area contributed by atoms with E-state index in [0.29, 0.717) is 0 Å². The Balaban J connectivity index is 0.00000121. The smallest absolute Gasteiger partial charge is 0.322 e. The second-order valence-corrected chi connectivity index (χ2v) is 2.08. The lowest BCUT2D eigenvalue weighted by atomic mass is 9.99. The van der Waals surface area contributed by atoms with E-state index in [4.69, 9.17) is 10.6 Å². The van der Waals surface area contributed by atoms with E-state index in [9.17, 15) is 4.79 Å². The van der Waals surface area contributed by atoms with Gasteiger partial charge in [0.15, 0.2) is 5.92 Å². The van der Waals surface area contributed by atoms with Crippen LogP contribution in [0.2, 0.25) is 0 Å². The van der Waals surface area contributed by atoms with Crippen molar-refractivity contribution in [3.05, 3.63) is 29.8 Å². The zero-order valence-corrected chi connectivity index (χ0v) is 6.86. The number of halogens is 1. The van der Waals surface area contributed by atoms with Crippen LogP contribution in [0, 0.1) is 5.92 Å². The van der Waals surface area contributed by atoms with Gasteiger partial charge in [-0.3, -0.25) is 4.79 Å². The summed E-state index contributed by atoms with van der Waals surface area (Å²) in [6, 6.07) is 0. The topological polar surface area (TPSA) is 73.7 Å². The monoisotopic (exact) mass is 186 g/mol. The van der Waals surface area contributed by atoms with Crippen LogP contribution in [-0.4, -0.2) is 21.6 Å². The highest BCUT2D eigenvalue weighted by Gasteiger charge is 2.26. The van der Waals surface area contributed by atoms with Crippen molar-refractivity contribution in [3.63, 3.8) is 0 Å². The molecule has 1 N–H and O–H groups in total. The van der Waals surface area contributed by atoms with E-state index in [0.717, 1.165) is 0 Å². The summed E-state index contributed by atoms with van der Waals surface area (Å²) in [5.74, 6) is -1.83. The molecule has 0 saturated heterocycles. The molecule has 1 unspecified atom stereocenters. The SMILES string of the molecule is Cl.[N-]=[N+]=C1C=CC=CC1C(=O)O. The number of carboxylic acid groups (broad SMARTS) is 1. The summed E-state index contributed by atoms with van der Waals surface area (Å²) in [7, 11) is 0. The Morgan fingerprint density at radius 3 is 2.67 bits per heavy atom. The van der Waals surface area contributed by atoms with Gasteiger partial charge >= 0.3 is 11.7 Å². The van der Waals surface area contributed by atoms with Gasteiger partial charge in [-0.2, -0.15) is 4.79 Å². The van der Waals surface area contributed by atoms with E-state index >= 15 is 0 Å². The van der Waals surface area contributed by atoms with Crippen LogP contribution in [0.4, 0.5) is 0 Å². The Kier molecular flexibility index (Phi) is 3.97. The molecule has 0 aromatic carbocycles. The summed E-state index contributed by atoms with van der Waals surface area (Å²) >= 11 is 0. The number of aliphatic carboxylic acids is 1. The van der Waals surface area contributed by atoms with Crippen molar-refractivity contribution in [3.8, 4) is 0 Å². The lowest BCUT2D eigenvalue weighted by Gasteiger charge is -2.00. The number of carboxylic acids is 1. The van der Waals surface area contributed by atoms with Crippen LogP contribution in [0.5, 0.6) is 0 Å². The molecule has 4 nitrogen and oxygen atoms in total. The third kappa shape index (κ3) is 2.05. The molecule has 0 radical (unpaired) electrons. The Hall–Kier alpha value is -1.38. The Morgan fingerprint density at radius 1 is 1.58 bits per heavy atom. The first-order chi connectivity index (χ1) is 5.25. The molecule has 0 aliphatic heterocycles. The molecule has 0 bridgehead atoms. The molecule has 0 amide bonds. The van der Waals surface area contributed by atoms with Gasteiger partial charge in [-0.25, -0.2) is 0 Å². The summed E-state index contributed by atoms with van der Waals surface area (Å²) in [5.41, 5.74) is 8.50. The summed E-state index contributed by atoms with van der Waals surface area (Å²) in [4.78, 5) is 13.3. The Bertz CT molecular complexity index is 290. The van der Waals surface area contributed by atoms with Gasteiger partial charge in [-0.15, -0.1) is 12.4 Å². The zero-order valence-electron chi connectivity index (χ0n) is 6.04. The molecule has 0 spiro atoms. The minimum Gasteiger partial charge on any atom is -0.480 e. The van der Waals surface area contributed by atoms with Gasteiger partial charge in [0.1, 0.15) is 0 Å². The van der Waals surface area contributed by atoms with Gasteiger partial charge in [0, 0.05) is 6.08 Å². The van der Waals surface area contributed by atoms with Crippen LogP contribution < -0.4 is 0 Å². The maximum absolute atomic E-state index is 10.4. The summed E-state index contributed by atoms with van der Waals surface area (Å²) < 4.78 is 0. The Morgan fingerprint density at radius 2 is 2.25 bits per heavy atom. The first-order valence-corrected chi connectivity index (χ1v) is 3.05. The maximum Gasteiger partial charge on any atom is 0.322 e. The van der Waals surface area contributed by atoms with E-state index in [1.54, 1.807) is 12.2 Å². The molecule has 0 aromatic rings. The average molecular weight is 187 g/mol. The molecule has 0 aromatic heterocycles. The highest BCUT2D eigenvalue weighted by molar-refractivity contribution is 6.07. The van der Waals surface area contributed by atoms with Crippen molar-refractivity contribution in [2.24, 2.45) is 5.92 Å². The molecule has 1 aliphatic rings. The summed E-state index contributed by atoms with van der Waals surface area (Å²) in [6.45, 7) is 0. The second kappa shape index (κ2) is 4.49. The number of rotatable bonds is 1. The standard InChI is InChI=1S/C7H6N2O2.ClH/c8-9-6-4-2-1-3-5(6)7(10)11;/h1-5H,(H,10,11);1H. The first kappa shape index (κ1) is 10.6. The number of carbonyl (C=O) groups is 1. The maximum atomic E-state index is 10.4. The van der Waals surface area contributed by atoms with E-state index in [-0.39, 0.29) is 18.1 Å². The van der Waals surface area contributed by atoms with Crippen molar-refractivity contribution >= 4 is 24.1 Å². The normalized spacial score (nSPS) is 19.7. The van der Waals surface area contributed by atoms with Crippen LogP contribution in [0.1, 0.15) is 0 Å². The van der Waals surface area contributed by atoms with Crippen LogP contribution in [0.15, 0.2) is 24.3 Å². The van der Waals surface area contributed by atoms with Crippen molar-refractivity contribution in [2.75, 3.05) is 0 Å². The molecule has 1 atom stereocenters. The van der Waals surface area contributed by atoms with E-state index in [1.807, 2.05) is 0 Å². The van der Waals surface area contributed by atoms with Crippen LogP contribution >= 0.6 is 12.4 Å².